The van der Waals surface area contributed by atoms with E-state index in [4.69, 9.17) is 4.52 Å². The minimum Gasteiger partial charge on any atom is -0.372 e. The van der Waals surface area contributed by atoms with E-state index in [9.17, 15) is 4.79 Å². The third-order valence-corrected chi connectivity index (χ3v) is 4.90. The maximum Gasteiger partial charge on any atom is 0.245 e. The summed E-state index contributed by atoms with van der Waals surface area (Å²) in [5, 5.41) is 10.3. The van der Waals surface area contributed by atoms with Gasteiger partial charge in [0.05, 0.1) is 0 Å². The van der Waals surface area contributed by atoms with Crippen molar-refractivity contribution in [2.75, 3.05) is 11.9 Å². The van der Waals surface area contributed by atoms with Crippen molar-refractivity contribution in [2.24, 2.45) is 0 Å². The van der Waals surface area contributed by atoms with Crippen LogP contribution in [0.25, 0.3) is 0 Å². The van der Waals surface area contributed by atoms with Gasteiger partial charge in [-0.2, -0.15) is 4.98 Å². The Kier molecular flexibility index (Phi) is 5.59. The number of nitrogens with zero attached hydrogens (tertiary/aromatic N) is 2. The van der Waals surface area contributed by atoms with E-state index in [-0.39, 0.29) is 5.91 Å². The summed E-state index contributed by atoms with van der Waals surface area (Å²) >= 11 is 0. The first-order valence-electron chi connectivity index (χ1n) is 9.40. The van der Waals surface area contributed by atoms with Crippen molar-refractivity contribution in [2.45, 2.75) is 64.3 Å². The molecule has 1 saturated carbocycles. The van der Waals surface area contributed by atoms with Crippen LogP contribution in [-0.2, 0) is 11.2 Å². The lowest BCUT2D eigenvalue weighted by Gasteiger charge is -2.26. The maximum atomic E-state index is 12.5. The Morgan fingerprint density at radius 2 is 1.92 bits per heavy atom. The van der Waals surface area contributed by atoms with Crippen LogP contribution in [0.1, 0.15) is 62.7 Å². The van der Waals surface area contributed by atoms with Gasteiger partial charge in [-0.1, -0.05) is 35.7 Å². The normalized spacial score (nSPS) is 15.2. The average molecular weight is 356 g/mol. The number of aromatic nitrogens is 2. The quantitative estimate of drug-likeness (QED) is 0.792. The first-order chi connectivity index (χ1) is 12.4. The van der Waals surface area contributed by atoms with E-state index in [2.05, 4.69) is 20.8 Å². The van der Waals surface area contributed by atoms with E-state index >= 15 is 0 Å². The van der Waals surface area contributed by atoms with Gasteiger partial charge < -0.3 is 15.2 Å². The summed E-state index contributed by atoms with van der Waals surface area (Å²) in [6, 6.07) is 8.01. The molecule has 26 heavy (non-hydrogen) atoms. The zero-order valence-corrected chi connectivity index (χ0v) is 15.8. The van der Waals surface area contributed by atoms with Crippen LogP contribution >= 0.6 is 0 Å². The van der Waals surface area contributed by atoms with Crippen LogP contribution in [0.5, 0.6) is 0 Å². The van der Waals surface area contributed by atoms with Crippen LogP contribution in [-0.4, -0.2) is 28.1 Å². The molecular formula is C20H28N4O2. The Labute approximate surface area is 154 Å². The van der Waals surface area contributed by atoms with Crippen molar-refractivity contribution < 1.29 is 9.32 Å². The fourth-order valence-electron chi connectivity index (χ4n) is 3.27. The number of hydrogen-bond donors (Lipinski definition) is 2. The van der Waals surface area contributed by atoms with Gasteiger partial charge >= 0.3 is 0 Å². The monoisotopic (exact) mass is 356 g/mol. The highest BCUT2D eigenvalue weighted by molar-refractivity contribution is 5.88. The summed E-state index contributed by atoms with van der Waals surface area (Å²) < 4.78 is 5.38. The molecule has 0 bridgehead atoms. The molecule has 1 amide bonds. The van der Waals surface area contributed by atoms with Gasteiger partial charge in [0.15, 0.2) is 5.82 Å². The van der Waals surface area contributed by atoms with Gasteiger partial charge in [-0.25, -0.2) is 0 Å². The third-order valence-electron chi connectivity index (χ3n) is 4.90. The van der Waals surface area contributed by atoms with E-state index in [1.165, 1.54) is 18.4 Å². The second-order valence-corrected chi connectivity index (χ2v) is 7.65. The van der Waals surface area contributed by atoms with E-state index in [0.29, 0.717) is 24.7 Å². The summed E-state index contributed by atoms with van der Waals surface area (Å²) in [5.74, 6) is 1.78. The molecule has 0 spiro atoms. The standard InChI is InChI=1S/C20H28N4O2/c1-14-8-10-16(11-9-14)23-20(2,3)19(25)21-13-12-17-22-18(26-24-17)15-6-4-5-7-15/h8-11,15,23H,4-7,12-13H2,1-3H3,(H,21,25). The van der Waals surface area contributed by atoms with E-state index < -0.39 is 5.54 Å². The highest BCUT2D eigenvalue weighted by Gasteiger charge is 2.27. The number of amides is 1. The molecule has 1 aromatic heterocycles. The molecule has 1 aliphatic carbocycles. The van der Waals surface area contributed by atoms with Crippen molar-refractivity contribution in [3.63, 3.8) is 0 Å². The zero-order valence-electron chi connectivity index (χ0n) is 15.8. The number of aryl methyl sites for hydroxylation is 1. The zero-order chi connectivity index (χ0) is 18.6. The SMILES string of the molecule is Cc1ccc(NC(C)(C)C(=O)NCCc2noc(C3CCCC3)n2)cc1. The molecule has 1 aliphatic rings. The fourth-order valence-corrected chi connectivity index (χ4v) is 3.27. The summed E-state index contributed by atoms with van der Waals surface area (Å²) in [5.41, 5.74) is 1.41. The summed E-state index contributed by atoms with van der Waals surface area (Å²) in [6.45, 7) is 6.27. The highest BCUT2D eigenvalue weighted by atomic mass is 16.5. The Bertz CT molecular complexity index is 731. The molecule has 140 valence electrons. The molecule has 6 nitrogen and oxygen atoms in total. The van der Waals surface area contributed by atoms with Crippen molar-refractivity contribution in [1.29, 1.82) is 0 Å². The van der Waals surface area contributed by atoms with Crippen LogP contribution in [0.4, 0.5) is 5.69 Å². The molecule has 3 rings (SSSR count). The first kappa shape index (κ1) is 18.4. The van der Waals surface area contributed by atoms with E-state index in [1.54, 1.807) is 0 Å². The van der Waals surface area contributed by atoms with Gasteiger partial charge in [-0.3, -0.25) is 4.79 Å². The molecule has 0 unspecified atom stereocenters. The number of nitrogens with one attached hydrogen (secondary N) is 2. The molecule has 1 heterocycles. The predicted octanol–water partition coefficient (Wildman–Crippen LogP) is 3.59. The lowest BCUT2D eigenvalue weighted by molar-refractivity contribution is -0.124. The van der Waals surface area contributed by atoms with Crippen LogP contribution in [0, 0.1) is 6.92 Å². The van der Waals surface area contributed by atoms with Crippen molar-refractivity contribution in [1.82, 2.24) is 15.5 Å². The number of carbonyl (C=O) groups excluding carboxylic acids is 1. The second kappa shape index (κ2) is 7.89. The van der Waals surface area contributed by atoms with E-state index in [1.807, 2.05) is 45.0 Å². The number of benzene rings is 1. The summed E-state index contributed by atoms with van der Waals surface area (Å²) in [6.07, 6.45) is 5.32. The molecule has 1 fully saturated rings. The Morgan fingerprint density at radius 3 is 2.62 bits per heavy atom. The largest absolute Gasteiger partial charge is 0.372 e. The molecule has 1 aromatic carbocycles. The second-order valence-electron chi connectivity index (χ2n) is 7.65. The topological polar surface area (TPSA) is 80.0 Å². The molecule has 2 aromatic rings. The van der Waals surface area contributed by atoms with Crippen LogP contribution in [0.15, 0.2) is 28.8 Å². The van der Waals surface area contributed by atoms with Crippen LogP contribution < -0.4 is 10.6 Å². The van der Waals surface area contributed by atoms with Gasteiger partial charge in [-0.05, 0) is 45.7 Å². The lowest BCUT2D eigenvalue weighted by Crippen LogP contribution is -2.48. The van der Waals surface area contributed by atoms with E-state index in [0.717, 1.165) is 24.4 Å². The number of carbonyl (C=O) groups is 1. The van der Waals surface area contributed by atoms with Gasteiger partial charge in [0, 0.05) is 24.6 Å². The Hall–Kier alpha value is -2.37. The summed E-state index contributed by atoms with van der Waals surface area (Å²) in [7, 11) is 0. The van der Waals surface area contributed by atoms with Crippen LogP contribution in [0.2, 0.25) is 0 Å². The molecule has 0 saturated heterocycles. The smallest absolute Gasteiger partial charge is 0.245 e. The van der Waals surface area contributed by atoms with Crippen LogP contribution in [0.3, 0.4) is 0 Å². The number of hydrogen-bond acceptors (Lipinski definition) is 5. The Balaban J connectivity index is 1.47. The first-order valence-corrected chi connectivity index (χ1v) is 9.40. The molecule has 6 heteroatoms. The van der Waals surface area contributed by atoms with Crippen molar-refractivity contribution in [3.8, 4) is 0 Å². The minimum absolute atomic E-state index is 0.0578. The molecule has 2 N–H and O–H groups in total. The molecule has 0 radical (unpaired) electrons. The lowest BCUT2D eigenvalue weighted by atomic mass is 10.0. The van der Waals surface area contributed by atoms with Gasteiger partial charge in [0.25, 0.3) is 0 Å². The predicted molar refractivity (Wildman–Crippen MR) is 101 cm³/mol. The molecule has 0 aliphatic heterocycles. The molecule has 0 atom stereocenters. The van der Waals surface area contributed by atoms with Gasteiger partial charge in [0.2, 0.25) is 11.8 Å². The van der Waals surface area contributed by atoms with Gasteiger partial charge in [-0.15, -0.1) is 0 Å². The maximum absolute atomic E-state index is 12.5. The van der Waals surface area contributed by atoms with Crippen molar-refractivity contribution in [3.05, 3.63) is 41.5 Å². The van der Waals surface area contributed by atoms with Crippen molar-refractivity contribution >= 4 is 11.6 Å². The third kappa shape index (κ3) is 4.62. The Morgan fingerprint density at radius 1 is 1.23 bits per heavy atom. The minimum atomic E-state index is -0.707. The average Bonchev–Trinajstić information content (AvgIpc) is 3.28. The number of rotatable bonds is 7. The molecular weight excluding hydrogens is 328 g/mol. The number of anilines is 1. The van der Waals surface area contributed by atoms with Gasteiger partial charge in [0.1, 0.15) is 5.54 Å². The highest BCUT2D eigenvalue weighted by Crippen LogP contribution is 2.32. The summed E-state index contributed by atoms with van der Waals surface area (Å²) in [4.78, 5) is 17.0. The fraction of sp³-hybridized carbons (Fsp3) is 0.550.